The SMILES string of the molecule is O=C(N[C@@H](Cc1ccccc1)C(=O)NNC(=O)C1CCCCC1)OCc1ccccc1. The van der Waals surface area contributed by atoms with Gasteiger partial charge in [-0.05, 0) is 24.0 Å². The third-order valence-electron chi connectivity index (χ3n) is 5.39. The average molecular weight is 424 g/mol. The lowest BCUT2D eigenvalue weighted by Crippen LogP contribution is -2.54. The molecule has 0 bridgehead atoms. The first kappa shape index (κ1) is 22.3. The van der Waals surface area contributed by atoms with E-state index < -0.39 is 18.0 Å². The van der Waals surface area contributed by atoms with E-state index in [2.05, 4.69) is 16.2 Å². The Morgan fingerprint density at radius 3 is 2.10 bits per heavy atom. The molecule has 31 heavy (non-hydrogen) atoms. The predicted octanol–water partition coefficient (Wildman–Crippen LogP) is 3.25. The fraction of sp³-hybridized carbons (Fsp3) is 0.375. The number of hydrazine groups is 1. The Labute approximate surface area is 182 Å². The molecular formula is C24H29N3O4. The lowest BCUT2D eigenvalue weighted by atomic mass is 9.89. The molecule has 1 aliphatic carbocycles. The first-order valence-electron chi connectivity index (χ1n) is 10.7. The van der Waals surface area contributed by atoms with Crippen LogP contribution in [0.4, 0.5) is 4.79 Å². The molecule has 7 heteroatoms. The zero-order chi connectivity index (χ0) is 21.9. The molecule has 1 saturated carbocycles. The Morgan fingerprint density at radius 2 is 1.45 bits per heavy atom. The van der Waals surface area contributed by atoms with Crippen molar-refractivity contribution < 1.29 is 19.1 Å². The first-order valence-corrected chi connectivity index (χ1v) is 10.7. The highest BCUT2D eigenvalue weighted by Gasteiger charge is 2.25. The number of alkyl carbamates (subject to hydrolysis) is 1. The van der Waals surface area contributed by atoms with E-state index in [1.165, 1.54) is 0 Å². The van der Waals surface area contributed by atoms with Crippen LogP contribution in [0, 0.1) is 5.92 Å². The summed E-state index contributed by atoms with van der Waals surface area (Å²) in [5, 5.41) is 2.61. The van der Waals surface area contributed by atoms with E-state index in [1.807, 2.05) is 60.7 Å². The normalized spacial score (nSPS) is 14.8. The van der Waals surface area contributed by atoms with Gasteiger partial charge in [-0.2, -0.15) is 0 Å². The largest absolute Gasteiger partial charge is 0.445 e. The second-order valence-corrected chi connectivity index (χ2v) is 7.76. The second-order valence-electron chi connectivity index (χ2n) is 7.76. The molecule has 2 aromatic rings. The molecule has 3 rings (SSSR count). The summed E-state index contributed by atoms with van der Waals surface area (Å²) in [6.45, 7) is 0.102. The van der Waals surface area contributed by atoms with Crippen LogP contribution in [0.25, 0.3) is 0 Å². The van der Waals surface area contributed by atoms with Crippen LogP contribution in [0.2, 0.25) is 0 Å². The molecule has 0 saturated heterocycles. The van der Waals surface area contributed by atoms with Gasteiger partial charge in [-0.25, -0.2) is 4.79 Å². The van der Waals surface area contributed by atoms with Crippen molar-refractivity contribution in [3.8, 4) is 0 Å². The van der Waals surface area contributed by atoms with Crippen LogP contribution in [0.15, 0.2) is 60.7 Å². The number of amides is 3. The highest BCUT2D eigenvalue weighted by Crippen LogP contribution is 2.23. The standard InChI is InChI=1S/C24H29N3O4/c28-22(20-14-8-3-9-15-20)26-27-23(29)21(16-18-10-4-1-5-11-18)25-24(30)31-17-19-12-6-2-7-13-19/h1-2,4-7,10-13,20-21H,3,8-9,14-17H2,(H,25,30)(H,26,28)(H,27,29)/t21-/m0/s1. The van der Waals surface area contributed by atoms with Crippen molar-refractivity contribution in [1.29, 1.82) is 0 Å². The molecule has 1 fully saturated rings. The first-order chi connectivity index (χ1) is 15.1. The summed E-state index contributed by atoms with van der Waals surface area (Å²) in [5.41, 5.74) is 6.72. The zero-order valence-electron chi connectivity index (χ0n) is 17.5. The van der Waals surface area contributed by atoms with E-state index in [9.17, 15) is 14.4 Å². The van der Waals surface area contributed by atoms with E-state index >= 15 is 0 Å². The summed E-state index contributed by atoms with van der Waals surface area (Å²) in [4.78, 5) is 37.4. The van der Waals surface area contributed by atoms with Crippen LogP contribution in [-0.4, -0.2) is 23.9 Å². The molecule has 3 amide bonds. The molecule has 0 radical (unpaired) electrons. The topological polar surface area (TPSA) is 96.5 Å². The van der Waals surface area contributed by atoms with Gasteiger partial charge < -0.3 is 10.1 Å². The van der Waals surface area contributed by atoms with Crippen molar-refractivity contribution in [3.05, 3.63) is 71.8 Å². The van der Waals surface area contributed by atoms with Gasteiger partial charge >= 0.3 is 6.09 Å². The van der Waals surface area contributed by atoms with Crippen LogP contribution < -0.4 is 16.2 Å². The van der Waals surface area contributed by atoms with Crippen LogP contribution >= 0.6 is 0 Å². The maximum Gasteiger partial charge on any atom is 0.408 e. The van der Waals surface area contributed by atoms with Gasteiger partial charge in [0.1, 0.15) is 12.6 Å². The van der Waals surface area contributed by atoms with E-state index in [1.54, 1.807) is 0 Å². The van der Waals surface area contributed by atoms with Crippen LogP contribution in [0.3, 0.4) is 0 Å². The van der Waals surface area contributed by atoms with Gasteiger partial charge in [-0.1, -0.05) is 79.9 Å². The highest BCUT2D eigenvalue weighted by atomic mass is 16.5. The molecule has 164 valence electrons. The zero-order valence-corrected chi connectivity index (χ0v) is 17.5. The minimum atomic E-state index is -0.891. The number of carbonyl (C=O) groups excluding carboxylic acids is 3. The van der Waals surface area contributed by atoms with Gasteiger partial charge in [-0.3, -0.25) is 20.4 Å². The van der Waals surface area contributed by atoms with Gasteiger partial charge in [-0.15, -0.1) is 0 Å². The van der Waals surface area contributed by atoms with Gasteiger partial charge in [0.15, 0.2) is 0 Å². The summed E-state index contributed by atoms with van der Waals surface area (Å²) in [6, 6.07) is 17.8. The van der Waals surface area contributed by atoms with Crippen molar-refractivity contribution in [2.24, 2.45) is 5.92 Å². The number of carbonyl (C=O) groups is 3. The quantitative estimate of drug-likeness (QED) is 0.596. The molecule has 0 spiro atoms. The van der Waals surface area contributed by atoms with E-state index in [0.29, 0.717) is 0 Å². The van der Waals surface area contributed by atoms with Crippen molar-refractivity contribution >= 4 is 17.9 Å². The number of ether oxygens (including phenoxy) is 1. The predicted molar refractivity (Wildman–Crippen MR) is 117 cm³/mol. The fourth-order valence-corrected chi connectivity index (χ4v) is 3.64. The monoisotopic (exact) mass is 423 g/mol. The summed E-state index contributed by atoms with van der Waals surface area (Å²) in [6.07, 6.45) is 4.43. The van der Waals surface area contributed by atoms with Crippen molar-refractivity contribution in [2.45, 2.75) is 51.2 Å². The molecule has 1 aliphatic rings. The van der Waals surface area contributed by atoms with Gasteiger partial charge in [0.2, 0.25) is 5.91 Å². The molecule has 2 aromatic carbocycles. The van der Waals surface area contributed by atoms with E-state index in [0.717, 1.165) is 43.2 Å². The van der Waals surface area contributed by atoms with E-state index in [4.69, 9.17) is 4.74 Å². The maximum absolute atomic E-state index is 12.7. The van der Waals surface area contributed by atoms with Crippen molar-refractivity contribution in [1.82, 2.24) is 16.2 Å². The second kappa shape index (κ2) is 11.7. The Morgan fingerprint density at radius 1 is 0.839 bits per heavy atom. The third kappa shape index (κ3) is 7.44. The van der Waals surface area contributed by atoms with Crippen LogP contribution in [0.1, 0.15) is 43.2 Å². The molecule has 0 aromatic heterocycles. The van der Waals surface area contributed by atoms with Crippen molar-refractivity contribution in [2.75, 3.05) is 0 Å². The minimum absolute atomic E-state index is 0.0783. The number of hydrogen-bond acceptors (Lipinski definition) is 4. The lowest BCUT2D eigenvalue weighted by Gasteiger charge is -2.22. The van der Waals surface area contributed by atoms with Gasteiger partial charge in [0.05, 0.1) is 0 Å². The number of hydrogen-bond donors (Lipinski definition) is 3. The summed E-state index contributed by atoms with van der Waals surface area (Å²) in [7, 11) is 0. The Hall–Kier alpha value is -3.35. The number of benzene rings is 2. The molecule has 1 atom stereocenters. The van der Waals surface area contributed by atoms with Crippen LogP contribution in [-0.2, 0) is 27.4 Å². The summed E-state index contributed by atoms with van der Waals surface area (Å²) in [5.74, 6) is -0.756. The highest BCUT2D eigenvalue weighted by molar-refractivity contribution is 5.88. The number of nitrogens with one attached hydrogen (secondary N) is 3. The van der Waals surface area contributed by atoms with Crippen LogP contribution in [0.5, 0.6) is 0 Å². The van der Waals surface area contributed by atoms with Crippen molar-refractivity contribution in [3.63, 3.8) is 0 Å². The van der Waals surface area contributed by atoms with Gasteiger partial charge in [0.25, 0.3) is 5.91 Å². The molecular weight excluding hydrogens is 394 g/mol. The van der Waals surface area contributed by atoms with Gasteiger partial charge in [0, 0.05) is 12.3 Å². The smallest absolute Gasteiger partial charge is 0.408 e. The Kier molecular flexibility index (Phi) is 8.46. The molecule has 0 heterocycles. The minimum Gasteiger partial charge on any atom is -0.445 e. The maximum atomic E-state index is 12.7. The van der Waals surface area contributed by atoms with E-state index in [-0.39, 0.29) is 24.9 Å². The summed E-state index contributed by atoms with van der Waals surface area (Å²) >= 11 is 0. The Bertz CT molecular complexity index is 852. The molecule has 0 aliphatic heterocycles. The molecule has 0 unspecified atom stereocenters. The number of rotatable bonds is 7. The average Bonchev–Trinajstić information content (AvgIpc) is 2.82. The summed E-state index contributed by atoms with van der Waals surface area (Å²) < 4.78 is 5.25. The molecule has 3 N–H and O–H groups in total. The fourth-order valence-electron chi connectivity index (χ4n) is 3.64. The molecule has 7 nitrogen and oxygen atoms in total. The third-order valence-corrected chi connectivity index (χ3v) is 5.39. The lowest BCUT2D eigenvalue weighted by molar-refractivity contribution is -0.132. The Balaban J connectivity index is 1.56.